The van der Waals surface area contributed by atoms with Gasteiger partial charge in [0, 0.05) is 12.6 Å². The van der Waals surface area contributed by atoms with E-state index < -0.39 is 0 Å². The fourth-order valence-electron chi connectivity index (χ4n) is 1.29. The van der Waals surface area contributed by atoms with Gasteiger partial charge in [-0.15, -0.1) is 0 Å². The van der Waals surface area contributed by atoms with Crippen LogP contribution in [0, 0.1) is 0 Å². The molecule has 4 nitrogen and oxygen atoms in total. The molecule has 0 aliphatic heterocycles. The maximum atomic E-state index is 10.1. The normalized spacial score (nSPS) is 11.8. The Morgan fingerprint density at radius 3 is 2.43 bits per heavy atom. The molecule has 0 spiro atoms. The Labute approximate surface area is 85.4 Å². The zero-order valence-electron chi connectivity index (χ0n) is 8.79. The number of carbonyl (C=O) groups excluding carboxylic acids is 2. The van der Waals surface area contributed by atoms with Gasteiger partial charge in [-0.1, -0.05) is 19.3 Å². The lowest BCUT2D eigenvalue weighted by Crippen LogP contribution is -2.23. The second-order valence-electron chi connectivity index (χ2n) is 3.46. The summed E-state index contributed by atoms with van der Waals surface area (Å²) >= 11 is 0. The third kappa shape index (κ3) is 9.03. The zero-order chi connectivity index (χ0) is 10.6. The predicted molar refractivity (Wildman–Crippen MR) is 55.8 cm³/mol. The minimum Gasteiger partial charge on any atom is -0.359 e. The molecule has 0 aliphatic rings. The lowest BCUT2D eigenvalue weighted by atomic mass is 10.1. The molecule has 0 aromatic heterocycles. The first kappa shape index (κ1) is 12.9. The maximum absolute atomic E-state index is 10.1. The van der Waals surface area contributed by atoms with E-state index in [1.54, 1.807) is 0 Å². The van der Waals surface area contributed by atoms with Crippen molar-refractivity contribution < 1.29 is 9.59 Å². The average molecular weight is 200 g/mol. The van der Waals surface area contributed by atoms with Crippen molar-refractivity contribution in [1.29, 1.82) is 0 Å². The van der Waals surface area contributed by atoms with Gasteiger partial charge in [-0.25, -0.2) is 0 Å². The molecule has 0 aromatic carbocycles. The van der Waals surface area contributed by atoms with Crippen LogP contribution in [0.3, 0.4) is 0 Å². The van der Waals surface area contributed by atoms with Crippen molar-refractivity contribution in [2.24, 2.45) is 0 Å². The second kappa shape index (κ2) is 10.0. The minimum atomic E-state index is 0.278. The van der Waals surface area contributed by atoms with E-state index in [4.69, 9.17) is 0 Å². The Hall–Kier alpha value is -1.06. The van der Waals surface area contributed by atoms with Crippen LogP contribution in [0.15, 0.2) is 0 Å². The van der Waals surface area contributed by atoms with E-state index in [9.17, 15) is 9.59 Å². The number of hydrogen-bond donors (Lipinski definition) is 2. The highest BCUT2D eigenvalue weighted by molar-refractivity contribution is 5.46. The van der Waals surface area contributed by atoms with Crippen molar-refractivity contribution in [1.82, 2.24) is 10.6 Å². The van der Waals surface area contributed by atoms with Crippen molar-refractivity contribution in [2.75, 3.05) is 6.54 Å². The van der Waals surface area contributed by atoms with Gasteiger partial charge < -0.3 is 10.6 Å². The van der Waals surface area contributed by atoms with Gasteiger partial charge in [-0.2, -0.15) is 0 Å². The molecule has 82 valence electrons. The number of amides is 2. The Morgan fingerprint density at radius 1 is 1.07 bits per heavy atom. The van der Waals surface area contributed by atoms with Crippen LogP contribution in [-0.4, -0.2) is 25.4 Å². The van der Waals surface area contributed by atoms with Crippen LogP contribution in [0.1, 0.15) is 39.0 Å². The molecule has 0 fully saturated rings. The summed E-state index contributed by atoms with van der Waals surface area (Å²) < 4.78 is 0. The van der Waals surface area contributed by atoms with Gasteiger partial charge in [0.1, 0.15) is 0 Å². The molecule has 0 aromatic rings. The van der Waals surface area contributed by atoms with Gasteiger partial charge >= 0.3 is 0 Å². The highest BCUT2D eigenvalue weighted by Gasteiger charge is 1.98. The molecule has 0 heterocycles. The molecule has 2 N–H and O–H groups in total. The summed E-state index contributed by atoms with van der Waals surface area (Å²) in [6, 6.07) is 0.278. The first-order valence-electron chi connectivity index (χ1n) is 5.18. The molecule has 0 saturated heterocycles. The highest BCUT2D eigenvalue weighted by atomic mass is 16.1. The summed E-state index contributed by atoms with van der Waals surface area (Å²) in [4.78, 5) is 20.0. The van der Waals surface area contributed by atoms with Crippen molar-refractivity contribution in [3.05, 3.63) is 0 Å². The van der Waals surface area contributed by atoms with Crippen LogP contribution in [0.4, 0.5) is 0 Å². The standard InChI is InChI=1S/C10H20N2O2/c1-10(12-9-14)6-4-2-3-5-7-11-8-13/h8-10H,2-7H2,1H3,(H,11,13)(H,12,14). The monoisotopic (exact) mass is 200 g/mol. The Balaban J connectivity index is 3.04. The fraction of sp³-hybridized carbons (Fsp3) is 0.800. The van der Waals surface area contributed by atoms with Crippen molar-refractivity contribution in [3.8, 4) is 0 Å². The molecule has 2 amide bonds. The van der Waals surface area contributed by atoms with E-state index in [0.29, 0.717) is 0 Å². The van der Waals surface area contributed by atoms with Crippen LogP contribution in [0.5, 0.6) is 0 Å². The molecule has 1 unspecified atom stereocenters. The van der Waals surface area contributed by atoms with Crippen molar-refractivity contribution in [2.45, 2.75) is 45.1 Å². The first-order valence-corrected chi connectivity index (χ1v) is 5.18. The van der Waals surface area contributed by atoms with Gasteiger partial charge in [0.25, 0.3) is 0 Å². The molecular formula is C10H20N2O2. The summed E-state index contributed by atoms with van der Waals surface area (Å²) in [5.74, 6) is 0. The third-order valence-corrected chi connectivity index (χ3v) is 2.14. The summed E-state index contributed by atoms with van der Waals surface area (Å²) in [6.45, 7) is 2.77. The lowest BCUT2D eigenvalue weighted by Gasteiger charge is -2.08. The fourth-order valence-corrected chi connectivity index (χ4v) is 1.29. The lowest BCUT2D eigenvalue weighted by molar-refractivity contribution is -0.110. The number of hydrogen-bond acceptors (Lipinski definition) is 2. The van der Waals surface area contributed by atoms with Crippen LogP contribution in [-0.2, 0) is 9.59 Å². The average Bonchev–Trinajstić information content (AvgIpc) is 2.17. The summed E-state index contributed by atoms with van der Waals surface area (Å²) in [5, 5.41) is 5.35. The van der Waals surface area contributed by atoms with Crippen molar-refractivity contribution >= 4 is 12.8 Å². The SMILES string of the molecule is CC(CCCCCCNC=O)NC=O. The number of carbonyl (C=O) groups is 2. The zero-order valence-corrected chi connectivity index (χ0v) is 8.79. The Kier molecular flexibility index (Phi) is 9.26. The number of rotatable bonds is 10. The molecule has 1 atom stereocenters. The molecule has 14 heavy (non-hydrogen) atoms. The topological polar surface area (TPSA) is 58.2 Å². The molecule has 0 saturated carbocycles. The molecule has 0 aliphatic carbocycles. The molecular weight excluding hydrogens is 180 g/mol. The number of nitrogens with one attached hydrogen (secondary N) is 2. The minimum absolute atomic E-state index is 0.278. The van der Waals surface area contributed by atoms with Gasteiger partial charge in [-0.05, 0) is 19.8 Å². The van der Waals surface area contributed by atoms with E-state index in [2.05, 4.69) is 10.6 Å². The van der Waals surface area contributed by atoms with Gasteiger partial charge in [-0.3, -0.25) is 9.59 Å². The predicted octanol–water partition coefficient (Wildman–Crippen LogP) is 0.817. The summed E-state index contributed by atoms with van der Waals surface area (Å²) in [7, 11) is 0. The van der Waals surface area contributed by atoms with E-state index in [1.165, 1.54) is 0 Å². The maximum Gasteiger partial charge on any atom is 0.207 e. The van der Waals surface area contributed by atoms with E-state index in [0.717, 1.165) is 51.5 Å². The van der Waals surface area contributed by atoms with Crippen LogP contribution < -0.4 is 10.6 Å². The quantitative estimate of drug-likeness (QED) is 0.405. The molecule has 0 radical (unpaired) electrons. The van der Waals surface area contributed by atoms with Crippen LogP contribution >= 0.6 is 0 Å². The summed E-state index contributed by atoms with van der Waals surface area (Å²) in [5.41, 5.74) is 0. The second-order valence-corrected chi connectivity index (χ2v) is 3.46. The molecule has 4 heteroatoms. The Bertz CT molecular complexity index is 151. The summed E-state index contributed by atoms with van der Waals surface area (Å²) in [6.07, 6.45) is 6.96. The highest BCUT2D eigenvalue weighted by Crippen LogP contribution is 2.04. The smallest absolute Gasteiger partial charge is 0.207 e. The van der Waals surface area contributed by atoms with Crippen LogP contribution in [0.25, 0.3) is 0 Å². The van der Waals surface area contributed by atoms with Gasteiger partial charge in [0.15, 0.2) is 0 Å². The van der Waals surface area contributed by atoms with E-state index in [1.807, 2.05) is 6.92 Å². The van der Waals surface area contributed by atoms with E-state index >= 15 is 0 Å². The Morgan fingerprint density at radius 2 is 1.79 bits per heavy atom. The van der Waals surface area contributed by atoms with Gasteiger partial charge in [0.2, 0.25) is 12.8 Å². The number of unbranched alkanes of at least 4 members (excludes halogenated alkanes) is 3. The van der Waals surface area contributed by atoms with Crippen LogP contribution in [0.2, 0.25) is 0 Å². The molecule has 0 bridgehead atoms. The van der Waals surface area contributed by atoms with E-state index in [-0.39, 0.29) is 6.04 Å². The molecule has 0 rings (SSSR count). The third-order valence-electron chi connectivity index (χ3n) is 2.14. The largest absolute Gasteiger partial charge is 0.359 e. The van der Waals surface area contributed by atoms with Gasteiger partial charge in [0.05, 0.1) is 0 Å². The first-order chi connectivity index (χ1) is 6.81. The van der Waals surface area contributed by atoms with Crippen molar-refractivity contribution in [3.63, 3.8) is 0 Å².